The van der Waals surface area contributed by atoms with Gasteiger partial charge in [-0.3, -0.25) is 0 Å². The highest BCUT2D eigenvalue weighted by Crippen LogP contribution is 2.21. The van der Waals surface area contributed by atoms with Crippen LogP contribution < -0.4 is 10.1 Å². The lowest BCUT2D eigenvalue weighted by molar-refractivity contribution is 0.335. The molecule has 0 spiro atoms. The third-order valence-electron chi connectivity index (χ3n) is 3.61. The van der Waals surface area contributed by atoms with Gasteiger partial charge in [0.1, 0.15) is 5.75 Å². The molecule has 1 aromatic rings. The molecule has 0 aromatic heterocycles. The van der Waals surface area contributed by atoms with Crippen LogP contribution in [0.3, 0.4) is 0 Å². The van der Waals surface area contributed by atoms with Gasteiger partial charge in [-0.25, -0.2) is 0 Å². The molecule has 0 radical (unpaired) electrons. The highest BCUT2D eigenvalue weighted by Gasteiger charge is 2.16. The van der Waals surface area contributed by atoms with Crippen molar-refractivity contribution < 1.29 is 4.74 Å². The molecule has 2 nitrogen and oxygen atoms in total. The van der Waals surface area contributed by atoms with E-state index >= 15 is 0 Å². The first-order valence-electron chi connectivity index (χ1n) is 7.82. The van der Waals surface area contributed by atoms with Crippen LogP contribution in [0.1, 0.15) is 59.1 Å². The lowest BCUT2D eigenvalue weighted by Gasteiger charge is -2.26. The Hall–Kier alpha value is -1.02. The number of hydrogen-bond donors (Lipinski definition) is 1. The van der Waals surface area contributed by atoms with Crippen molar-refractivity contribution in [1.82, 2.24) is 5.32 Å². The fourth-order valence-corrected chi connectivity index (χ4v) is 2.71. The summed E-state index contributed by atoms with van der Waals surface area (Å²) in [5, 5.41) is 3.79. The molecule has 0 amide bonds. The SMILES string of the molecule is COc1ccc([C@@H](C)NC(CC(C)C)CC(C)C)cc1. The standard InChI is InChI=1S/C18H31NO/c1-13(2)11-17(12-14(3)4)19-15(5)16-7-9-18(20-6)10-8-16/h7-10,13-15,17,19H,11-12H2,1-6H3/t15-/m1/s1. The largest absolute Gasteiger partial charge is 0.497 e. The first kappa shape index (κ1) is 17.0. The molecule has 0 aliphatic carbocycles. The Kier molecular flexibility index (Phi) is 7.08. The van der Waals surface area contributed by atoms with E-state index in [9.17, 15) is 0 Å². The Morgan fingerprint density at radius 2 is 1.40 bits per heavy atom. The highest BCUT2D eigenvalue weighted by atomic mass is 16.5. The number of methoxy groups -OCH3 is 1. The molecule has 0 fully saturated rings. The lowest BCUT2D eigenvalue weighted by atomic mass is 9.94. The zero-order valence-electron chi connectivity index (χ0n) is 13.9. The van der Waals surface area contributed by atoms with Gasteiger partial charge in [0, 0.05) is 12.1 Å². The number of ether oxygens (including phenoxy) is 1. The monoisotopic (exact) mass is 277 g/mol. The average Bonchev–Trinajstić information content (AvgIpc) is 2.37. The molecule has 0 bridgehead atoms. The summed E-state index contributed by atoms with van der Waals surface area (Å²) in [5.74, 6) is 2.38. The van der Waals surface area contributed by atoms with E-state index < -0.39 is 0 Å². The van der Waals surface area contributed by atoms with Crippen LogP contribution in [0.25, 0.3) is 0 Å². The van der Waals surface area contributed by atoms with Crippen molar-refractivity contribution in [1.29, 1.82) is 0 Å². The summed E-state index contributed by atoms with van der Waals surface area (Å²) in [7, 11) is 1.71. The number of hydrogen-bond acceptors (Lipinski definition) is 2. The zero-order valence-corrected chi connectivity index (χ0v) is 13.9. The van der Waals surface area contributed by atoms with Crippen molar-refractivity contribution in [3.05, 3.63) is 29.8 Å². The zero-order chi connectivity index (χ0) is 15.1. The van der Waals surface area contributed by atoms with Gasteiger partial charge in [0.05, 0.1) is 7.11 Å². The molecular weight excluding hydrogens is 246 g/mol. The van der Waals surface area contributed by atoms with Crippen molar-refractivity contribution in [3.63, 3.8) is 0 Å². The van der Waals surface area contributed by atoms with Crippen molar-refractivity contribution >= 4 is 0 Å². The predicted molar refractivity (Wildman–Crippen MR) is 87.2 cm³/mol. The predicted octanol–water partition coefficient (Wildman–Crippen LogP) is 4.81. The fourth-order valence-electron chi connectivity index (χ4n) is 2.71. The van der Waals surface area contributed by atoms with E-state index in [1.165, 1.54) is 18.4 Å². The first-order chi connectivity index (χ1) is 9.42. The van der Waals surface area contributed by atoms with Gasteiger partial charge < -0.3 is 10.1 Å². The van der Waals surface area contributed by atoms with E-state index in [0.717, 1.165) is 17.6 Å². The second-order valence-corrected chi connectivity index (χ2v) is 6.62. The normalized spacial score (nSPS) is 13.2. The molecule has 0 saturated carbocycles. The molecule has 1 atom stereocenters. The summed E-state index contributed by atoms with van der Waals surface area (Å²) in [4.78, 5) is 0. The summed E-state index contributed by atoms with van der Waals surface area (Å²) in [6.45, 7) is 11.4. The number of benzene rings is 1. The maximum Gasteiger partial charge on any atom is 0.118 e. The molecule has 1 rings (SSSR count). The average molecular weight is 277 g/mol. The second kappa shape index (κ2) is 8.31. The molecule has 0 aliphatic heterocycles. The Labute approximate surface area is 124 Å². The second-order valence-electron chi connectivity index (χ2n) is 6.62. The smallest absolute Gasteiger partial charge is 0.118 e. The maximum atomic E-state index is 5.21. The van der Waals surface area contributed by atoms with Crippen LogP contribution in [0, 0.1) is 11.8 Å². The van der Waals surface area contributed by atoms with Gasteiger partial charge in [-0.2, -0.15) is 0 Å². The summed E-state index contributed by atoms with van der Waals surface area (Å²) in [6.07, 6.45) is 2.47. The van der Waals surface area contributed by atoms with Crippen molar-refractivity contribution in [2.24, 2.45) is 11.8 Å². The van der Waals surface area contributed by atoms with Gasteiger partial charge in [0.2, 0.25) is 0 Å². The topological polar surface area (TPSA) is 21.3 Å². The molecule has 0 aliphatic rings. The molecule has 1 N–H and O–H groups in total. The van der Waals surface area contributed by atoms with Crippen LogP contribution in [0.5, 0.6) is 5.75 Å². The molecule has 1 aromatic carbocycles. The van der Waals surface area contributed by atoms with Crippen LogP contribution in [0.4, 0.5) is 0 Å². The number of rotatable bonds is 8. The van der Waals surface area contributed by atoms with E-state index in [2.05, 4.69) is 52.1 Å². The van der Waals surface area contributed by atoms with E-state index in [1.54, 1.807) is 7.11 Å². The molecule has 20 heavy (non-hydrogen) atoms. The Balaban J connectivity index is 2.65. The fraction of sp³-hybridized carbons (Fsp3) is 0.667. The Morgan fingerprint density at radius 1 is 0.900 bits per heavy atom. The molecule has 0 unspecified atom stereocenters. The van der Waals surface area contributed by atoms with E-state index in [-0.39, 0.29) is 0 Å². The van der Waals surface area contributed by atoms with Gasteiger partial charge in [0.15, 0.2) is 0 Å². The Morgan fingerprint density at radius 3 is 1.80 bits per heavy atom. The summed E-state index contributed by atoms with van der Waals surface area (Å²) >= 11 is 0. The van der Waals surface area contributed by atoms with E-state index in [0.29, 0.717) is 12.1 Å². The minimum Gasteiger partial charge on any atom is -0.497 e. The highest BCUT2D eigenvalue weighted by molar-refractivity contribution is 5.28. The minimum absolute atomic E-state index is 0.378. The Bertz CT molecular complexity index is 360. The summed E-state index contributed by atoms with van der Waals surface area (Å²) in [5.41, 5.74) is 1.32. The van der Waals surface area contributed by atoms with Crippen LogP contribution >= 0.6 is 0 Å². The van der Waals surface area contributed by atoms with Crippen LogP contribution in [0.2, 0.25) is 0 Å². The van der Waals surface area contributed by atoms with Gasteiger partial charge in [0.25, 0.3) is 0 Å². The van der Waals surface area contributed by atoms with Crippen LogP contribution in [-0.4, -0.2) is 13.2 Å². The molecule has 0 saturated heterocycles. The van der Waals surface area contributed by atoms with Gasteiger partial charge in [-0.05, 0) is 49.3 Å². The molecule has 0 heterocycles. The van der Waals surface area contributed by atoms with Gasteiger partial charge >= 0.3 is 0 Å². The molecular formula is C18H31NO. The summed E-state index contributed by atoms with van der Waals surface area (Å²) < 4.78 is 5.21. The quantitative estimate of drug-likeness (QED) is 0.736. The third-order valence-corrected chi connectivity index (χ3v) is 3.61. The van der Waals surface area contributed by atoms with Crippen molar-refractivity contribution in [3.8, 4) is 5.75 Å². The van der Waals surface area contributed by atoms with Crippen LogP contribution in [0.15, 0.2) is 24.3 Å². The minimum atomic E-state index is 0.378. The maximum absolute atomic E-state index is 5.21. The molecule has 2 heteroatoms. The van der Waals surface area contributed by atoms with Crippen molar-refractivity contribution in [2.45, 2.75) is 59.5 Å². The number of nitrogens with one attached hydrogen (secondary N) is 1. The van der Waals surface area contributed by atoms with E-state index in [4.69, 9.17) is 4.74 Å². The van der Waals surface area contributed by atoms with Crippen LogP contribution in [-0.2, 0) is 0 Å². The van der Waals surface area contributed by atoms with E-state index in [1.807, 2.05) is 12.1 Å². The lowest BCUT2D eigenvalue weighted by Crippen LogP contribution is -2.33. The molecule has 114 valence electrons. The van der Waals surface area contributed by atoms with Crippen molar-refractivity contribution in [2.75, 3.05) is 7.11 Å². The van der Waals surface area contributed by atoms with Gasteiger partial charge in [-0.1, -0.05) is 39.8 Å². The summed E-state index contributed by atoms with van der Waals surface area (Å²) in [6, 6.07) is 9.34. The first-order valence-corrected chi connectivity index (χ1v) is 7.82. The third kappa shape index (κ3) is 5.96. The van der Waals surface area contributed by atoms with Gasteiger partial charge in [-0.15, -0.1) is 0 Å².